The van der Waals surface area contributed by atoms with Gasteiger partial charge in [-0.2, -0.15) is 0 Å². The Balaban J connectivity index is 0.00000306. The highest BCUT2D eigenvalue weighted by Crippen LogP contribution is 2.39. The van der Waals surface area contributed by atoms with Crippen molar-refractivity contribution < 1.29 is 9.59 Å². The van der Waals surface area contributed by atoms with Gasteiger partial charge in [-0.1, -0.05) is 84.9 Å². The van der Waals surface area contributed by atoms with Crippen LogP contribution in [0.2, 0.25) is 0 Å². The predicted octanol–water partition coefficient (Wildman–Crippen LogP) is 3.41. The Hall–Kier alpha value is -3.35. The summed E-state index contributed by atoms with van der Waals surface area (Å²) in [5, 5.41) is 5.60. The Morgan fingerprint density at radius 3 is 1.97 bits per heavy atom. The van der Waals surface area contributed by atoms with Crippen LogP contribution in [0.5, 0.6) is 0 Å². The highest BCUT2D eigenvalue weighted by Gasteiger charge is 2.35. The maximum absolute atomic E-state index is 12.6. The minimum absolute atomic E-state index is 0. The highest BCUT2D eigenvalue weighted by atomic mass is 35.5. The third-order valence-electron chi connectivity index (χ3n) is 5.94. The molecular formula is C26H29ClN4O2. The second-order valence-corrected chi connectivity index (χ2v) is 8.25. The first-order valence-corrected chi connectivity index (χ1v) is 10.8. The summed E-state index contributed by atoms with van der Waals surface area (Å²) in [6.07, 6.45) is 0.995. The summed E-state index contributed by atoms with van der Waals surface area (Å²) < 4.78 is 0. The Morgan fingerprint density at radius 1 is 0.879 bits per heavy atom. The van der Waals surface area contributed by atoms with Gasteiger partial charge in [-0.25, -0.2) is 4.79 Å². The molecule has 33 heavy (non-hydrogen) atoms. The normalized spacial score (nSPS) is 18.3. The van der Waals surface area contributed by atoms with Crippen molar-refractivity contribution >= 4 is 24.3 Å². The minimum atomic E-state index is -0.915. The van der Waals surface area contributed by atoms with E-state index in [-0.39, 0.29) is 18.4 Å². The summed E-state index contributed by atoms with van der Waals surface area (Å²) in [7, 11) is 0. The molecule has 6 nitrogen and oxygen atoms in total. The van der Waals surface area contributed by atoms with E-state index in [1.165, 1.54) is 5.56 Å². The molecule has 4 rings (SSSR count). The third kappa shape index (κ3) is 6.12. The van der Waals surface area contributed by atoms with Crippen LogP contribution in [-0.2, 0) is 11.3 Å². The van der Waals surface area contributed by atoms with Crippen molar-refractivity contribution in [3.63, 3.8) is 0 Å². The molecule has 0 aromatic heterocycles. The van der Waals surface area contributed by atoms with Gasteiger partial charge in [0.2, 0.25) is 5.91 Å². The summed E-state index contributed by atoms with van der Waals surface area (Å²) in [5.41, 5.74) is 15.7. The van der Waals surface area contributed by atoms with Crippen molar-refractivity contribution in [2.24, 2.45) is 11.5 Å². The number of halogens is 1. The maximum Gasteiger partial charge on any atom is 0.315 e. The SMILES string of the molecule is Cl.NC(=O)C(NC(=O)NCc1ccccc1)C(c1ccccc1)c1ccc(C2CC2N)cc1. The molecule has 6 N–H and O–H groups in total. The summed E-state index contributed by atoms with van der Waals surface area (Å²) in [5.74, 6) is -0.617. The van der Waals surface area contributed by atoms with Crippen molar-refractivity contribution in [3.8, 4) is 0 Å². The number of primary amides is 1. The summed E-state index contributed by atoms with van der Waals surface area (Å²) in [6, 6.07) is 26.1. The first-order chi connectivity index (χ1) is 15.5. The Bertz CT molecular complexity index is 1060. The van der Waals surface area contributed by atoms with E-state index in [0.29, 0.717) is 12.5 Å². The van der Waals surface area contributed by atoms with Gasteiger partial charge in [-0.05, 0) is 28.7 Å². The van der Waals surface area contributed by atoms with Crippen molar-refractivity contribution in [1.29, 1.82) is 0 Å². The molecule has 0 saturated heterocycles. The van der Waals surface area contributed by atoms with Crippen molar-refractivity contribution in [3.05, 3.63) is 107 Å². The van der Waals surface area contributed by atoms with Gasteiger partial charge in [0.25, 0.3) is 0 Å². The predicted molar refractivity (Wildman–Crippen MR) is 132 cm³/mol. The first kappa shape index (κ1) is 24.3. The topological polar surface area (TPSA) is 110 Å². The molecule has 0 heterocycles. The molecule has 1 fully saturated rings. The fraction of sp³-hybridized carbons (Fsp3) is 0.231. The molecule has 4 unspecified atom stereocenters. The van der Waals surface area contributed by atoms with Gasteiger partial charge >= 0.3 is 6.03 Å². The van der Waals surface area contributed by atoms with E-state index >= 15 is 0 Å². The summed E-state index contributed by atoms with van der Waals surface area (Å²) >= 11 is 0. The van der Waals surface area contributed by atoms with Gasteiger partial charge in [0.15, 0.2) is 0 Å². The average Bonchev–Trinajstić information content (AvgIpc) is 3.55. The van der Waals surface area contributed by atoms with Crippen molar-refractivity contribution in [2.45, 2.75) is 36.9 Å². The zero-order chi connectivity index (χ0) is 22.5. The van der Waals surface area contributed by atoms with Gasteiger partial charge in [-0.3, -0.25) is 4.79 Å². The fourth-order valence-electron chi connectivity index (χ4n) is 4.08. The van der Waals surface area contributed by atoms with E-state index in [0.717, 1.165) is 23.1 Å². The van der Waals surface area contributed by atoms with Crippen LogP contribution in [0, 0.1) is 0 Å². The number of benzene rings is 3. The molecule has 1 aliphatic rings. The number of amides is 3. The lowest BCUT2D eigenvalue weighted by Crippen LogP contribution is -2.51. The second kappa shape index (κ2) is 11.0. The lowest BCUT2D eigenvalue weighted by molar-refractivity contribution is -0.120. The lowest BCUT2D eigenvalue weighted by Gasteiger charge is -2.27. The number of hydrogen-bond donors (Lipinski definition) is 4. The molecule has 3 aromatic rings. The van der Waals surface area contributed by atoms with Gasteiger partial charge < -0.3 is 22.1 Å². The molecule has 172 valence electrons. The number of nitrogens with one attached hydrogen (secondary N) is 2. The van der Waals surface area contributed by atoms with Gasteiger partial charge in [0, 0.05) is 24.4 Å². The van der Waals surface area contributed by atoms with Crippen LogP contribution in [0.1, 0.15) is 40.5 Å². The lowest BCUT2D eigenvalue weighted by atomic mass is 9.84. The monoisotopic (exact) mass is 464 g/mol. The van der Waals surface area contributed by atoms with E-state index in [1.807, 2.05) is 72.8 Å². The molecule has 4 atom stereocenters. The molecule has 0 aliphatic heterocycles. The van der Waals surface area contributed by atoms with Crippen molar-refractivity contribution in [1.82, 2.24) is 10.6 Å². The maximum atomic E-state index is 12.6. The Morgan fingerprint density at radius 2 is 1.42 bits per heavy atom. The molecule has 3 amide bonds. The standard InChI is InChI=1S/C26H28N4O2.ClH/c27-22-15-21(22)18-11-13-20(14-12-18)23(19-9-5-2-6-10-19)24(25(28)31)30-26(32)29-16-17-7-3-1-4-8-17;/h1-14,21-24H,15-16,27H2,(H2,28,31)(H2,29,30,32);1H. The molecule has 1 saturated carbocycles. The number of hydrogen-bond acceptors (Lipinski definition) is 3. The zero-order valence-corrected chi connectivity index (χ0v) is 19.0. The van der Waals surface area contributed by atoms with Crippen LogP contribution in [0.3, 0.4) is 0 Å². The van der Waals surface area contributed by atoms with E-state index in [1.54, 1.807) is 0 Å². The largest absolute Gasteiger partial charge is 0.368 e. The number of rotatable bonds is 8. The summed E-state index contributed by atoms with van der Waals surface area (Å²) in [6.45, 7) is 0.352. The van der Waals surface area contributed by atoms with Crippen LogP contribution >= 0.6 is 12.4 Å². The van der Waals surface area contributed by atoms with Crippen LogP contribution in [-0.4, -0.2) is 24.0 Å². The second-order valence-electron chi connectivity index (χ2n) is 8.25. The number of urea groups is 1. The van der Waals surface area contributed by atoms with E-state index < -0.39 is 23.9 Å². The molecular weight excluding hydrogens is 436 g/mol. The molecule has 1 aliphatic carbocycles. The van der Waals surface area contributed by atoms with Gasteiger partial charge in [0.1, 0.15) is 6.04 Å². The van der Waals surface area contributed by atoms with E-state index in [2.05, 4.69) is 22.8 Å². The highest BCUT2D eigenvalue weighted by molar-refractivity contribution is 5.87. The van der Waals surface area contributed by atoms with Crippen LogP contribution < -0.4 is 22.1 Å². The Labute approximate surface area is 200 Å². The quantitative estimate of drug-likeness (QED) is 0.410. The minimum Gasteiger partial charge on any atom is -0.368 e. The zero-order valence-electron chi connectivity index (χ0n) is 18.2. The van der Waals surface area contributed by atoms with E-state index in [4.69, 9.17) is 11.5 Å². The number of nitrogens with two attached hydrogens (primary N) is 2. The van der Waals surface area contributed by atoms with Crippen LogP contribution in [0.4, 0.5) is 4.79 Å². The van der Waals surface area contributed by atoms with Gasteiger partial charge in [0.05, 0.1) is 0 Å². The summed E-state index contributed by atoms with van der Waals surface area (Å²) in [4.78, 5) is 25.1. The van der Waals surface area contributed by atoms with Crippen LogP contribution in [0.25, 0.3) is 0 Å². The third-order valence-corrected chi connectivity index (χ3v) is 5.94. The first-order valence-electron chi connectivity index (χ1n) is 10.8. The Kier molecular flexibility index (Phi) is 8.09. The number of carbonyl (C=O) groups excluding carboxylic acids is 2. The fourth-order valence-corrected chi connectivity index (χ4v) is 4.08. The molecule has 0 radical (unpaired) electrons. The molecule has 7 heteroatoms. The van der Waals surface area contributed by atoms with Gasteiger partial charge in [-0.15, -0.1) is 12.4 Å². The molecule has 3 aromatic carbocycles. The molecule has 0 spiro atoms. The van der Waals surface area contributed by atoms with Crippen molar-refractivity contribution in [2.75, 3.05) is 0 Å². The van der Waals surface area contributed by atoms with Crippen LogP contribution in [0.15, 0.2) is 84.9 Å². The van der Waals surface area contributed by atoms with E-state index in [9.17, 15) is 9.59 Å². The number of carbonyl (C=O) groups is 2. The molecule has 0 bridgehead atoms. The average molecular weight is 465 g/mol. The smallest absolute Gasteiger partial charge is 0.315 e.